The number of alkyl halides is 1. The molecule has 0 bridgehead atoms. The van der Waals surface area contributed by atoms with Gasteiger partial charge >= 0.3 is 6.01 Å². The van der Waals surface area contributed by atoms with Crippen molar-refractivity contribution in [3.63, 3.8) is 0 Å². The second-order valence-electron chi connectivity index (χ2n) is 7.06. The third-order valence-corrected chi connectivity index (χ3v) is 5.88. The standard InChI is InChI=1S/C18H15ClN8O2/c19-17-24(9-20)7-14-26(17)13-4-2-1-3-12(13)16-21-10-25(27(14)16)18-22-15(23-29-18)11-5-6-28-8-11/h1-4,7,10-11,16-17H,5-6,8H2. The van der Waals surface area contributed by atoms with Gasteiger partial charge in [0.15, 0.2) is 29.6 Å². The molecule has 2 aromatic rings. The minimum Gasteiger partial charge on any atom is -0.381 e. The minimum atomic E-state index is -0.673. The number of halogens is 1. The summed E-state index contributed by atoms with van der Waals surface area (Å²) in [6.07, 6.45) is 6.02. The number of anilines is 2. The molecule has 3 atom stereocenters. The highest BCUT2D eigenvalue weighted by Gasteiger charge is 2.48. The van der Waals surface area contributed by atoms with E-state index in [4.69, 9.17) is 20.9 Å². The van der Waals surface area contributed by atoms with Crippen LogP contribution in [0.1, 0.15) is 29.9 Å². The molecule has 0 spiro atoms. The molecular weight excluding hydrogens is 396 g/mol. The van der Waals surface area contributed by atoms with Gasteiger partial charge in [0.2, 0.25) is 0 Å². The number of aliphatic imine (C=N–C) groups is 1. The third kappa shape index (κ3) is 2.28. The molecule has 4 aliphatic rings. The van der Waals surface area contributed by atoms with E-state index >= 15 is 0 Å². The predicted molar refractivity (Wildman–Crippen MR) is 102 cm³/mol. The van der Waals surface area contributed by atoms with Crippen molar-refractivity contribution in [2.75, 3.05) is 23.1 Å². The van der Waals surface area contributed by atoms with Crippen molar-refractivity contribution in [1.29, 1.82) is 5.26 Å². The van der Waals surface area contributed by atoms with Gasteiger partial charge in [-0.2, -0.15) is 15.3 Å². The number of nitriles is 1. The molecule has 0 radical (unpaired) electrons. The number of benzene rings is 1. The van der Waals surface area contributed by atoms with Gasteiger partial charge in [0.05, 0.1) is 18.5 Å². The lowest BCUT2D eigenvalue weighted by Gasteiger charge is -2.42. The first-order chi connectivity index (χ1) is 14.3. The lowest BCUT2D eigenvalue weighted by atomic mass is 10.1. The number of hydrogen-bond donors (Lipinski definition) is 0. The highest BCUT2D eigenvalue weighted by atomic mass is 35.5. The summed E-state index contributed by atoms with van der Waals surface area (Å²) in [7, 11) is 0. The van der Waals surface area contributed by atoms with Crippen molar-refractivity contribution in [2.45, 2.75) is 24.1 Å². The Hall–Kier alpha value is -3.29. The van der Waals surface area contributed by atoms with Crippen LogP contribution < -0.4 is 9.91 Å². The van der Waals surface area contributed by atoms with Crippen LogP contribution in [0.2, 0.25) is 0 Å². The molecule has 1 saturated heterocycles. The fraction of sp³-hybridized carbons (Fsp3) is 0.333. The van der Waals surface area contributed by atoms with Gasteiger partial charge in [0.25, 0.3) is 0 Å². The minimum absolute atomic E-state index is 0.133. The smallest absolute Gasteiger partial charge is 0.348 e. The number of para-hydroxylation sites is 1. The summed E-state index contributed by atoms with van der Waals surface area (Å²) < 4.78 is 11.0. The predicted octanol–water partition coefficient (Wildman–Crippen LogP) is 2.28. The summed E-state index contributed by atoms with van der Waals surface area (Å²) in [6.45, 7) is 1.30. The van der Waals surface area contributed by atoms with Crippen LogP contribution >= 0.6 is 11.6 Å². The topological polar surface area (TPSA) is 97.3 Å². The molecule has 146 valence electrons. The summed E-state index contributed by atoms with van der Waals surface area (Å²) in [6, 6.07) is 8.17. The van der Waals surface area contributed by atoms with Crippen LogP contribution in [0.5, 0.6) is 0 Å². The second-order valence-corrected chi connectivity index (χ2v) is 7.45. The van der Waals surface area contributed by atoms with E-state index in [0.29, 0.717) is 30.9 Å². The normalized spacial score (nSPS) is 27.0. The fourth-order valence-corrected chi connectivity index (χ4v) is 4.37. The van der Waals surface area contributed by atoms with Crippen molar-refractivity contribution in [1.82, 2.24) is 20.0 Å². The van der Waals surface area contributed by atoms with Gasteiger partial charge in [0, 0.05) is 18.1 Å². The zero-order chi connectivity index (χ0) is 19.5. The maximum Gasteiger partial charge on any atom is 0.348 e. The molecule has 1 fully saturated rings. The van der Waals surface area contributed by atoms with Gasteiger partial charge in [-0.05, 0) is 12.5 Å². The molecule has 29 heavy (non-hydrogen) atoms. The molecule has 1 aromatic heterocycles. The number of rotatable bonds is 2. The van der Waals surface area contributed by atoms with E-state index in [-0.39, 0.29) is 12.1 Å². The summed E-state index contributed by atoms with van der Waals surface area (Å²) in [4.78, 5) is 12.5. The molecule has 3 unspecified atom stereocenters. The van der Waals surface area contributed by atoms with Gasteiger partial charge in [-0.15, -0.1) is 0 Å². The molecule has 0 N–H and O–H groups in total. The number of ether oxygens (including phenoxy) is 1. The van der Waals surface area contributed by atoms with E-state index in [1.807, 2.05) is 34.2 Å². The molecule has 4 aliphatic heterocycles. The highest BCUT2D eigenvalue weighted by Crippen LogP contribution is 2.48. The average Bonchev–Trinajstić information content (AvgIpc) is 3.52. The molecule has 0 saturated carbocycles. The Kier molecular flexibility index (Phi) is 3.50. The Morgan fingerprint density at radius 2 is 2.17 bits per heavy atom. The summed E-state index contributed by atoms with van der Waals surface area (Å²) in [5.74, 6) is 1.46. The van der Waals surface area contributed by atoms with Crippen molar-refractivity contribution in [3.8, 4) is 6.19 Å². The first-order valence-electron chi connectivity index (χ1n) is 9.21. The number of nitrogens with zero attached hydrogens (tertiary/aromatic N) is 8. The van der Waals surface area contributed by atoms with Gasteiger partial charge in [-0.1, -0.05) is 35.0 Å². The molecule has 5 heterocycles. The Morgan fingerprint density at radius 1 is 1.28 bits per heavy atom. The van der Waals surface area contributed by atoms with E-state index in [1.165, 1.54) is 4.90 Å². The summed E-state index contributed by atoms with van der Waals surface area (Å²) >= 11 is 6.58. The number of hydrogen-bond acceptors (Lipinski definition) is 10. The average molecular weight is 411 g/mol. The molecule has 0 aliphatic carbocycles. The van der Waals surface area contributed by atoms with Crippen molar-refractivity contribution < 1.29 is 9.26 Å². The zero-order valence-corrected chi connectivity index (χ0v) is 15.8. The quantitative estimate of drug-likeness (QED) is 0.419. The number of aromatic nitrogens is 2. The maximum atomic E-state index is 9.48. The maximum absolute atomic E-state index is 9.48. The SMILES string of the molecule is N#CN1C=C2N(c3ccccc3C3N=CN(c4nc(C5CCOC5)no4)N23)C1Cl. The summed E-state index contributed by atoms with van der Waals surface area (Å²) in [5, 5.41) is 17.2. The molecule has 6 rings (SSSR count). The number of hydrazine groups is 1. The molecule has 1 aromatic carbocycles. The van der Waals surface area contributed by atoms with Crippen LogP contribution in [0.25, 0.3) is 0 Å². The second kappa shape index (κ2) is 6.10. The third-order valence-electron chi connectivity index (χ3n) is 5.47. The largest absolute Gasteiger partial charge is 0.381 e. The van der Waals surface area contributed by atoms with Crippen molar-refractivity contribution in [2.24, 2.45) is 4.99 Å². The first kappa shape index (κ1) is 16.6. The molecule has 11 heteroatoms. The van der Waals surface area contributed by atoms with E-state index in [0.717, 1.165) is 17.7 Å². The Bertz CT molecular complexity index is 1070. The van der Waals surface area contributed by atoms with E-state index in [1.54, 1.807) is 17.5 Å². The van der Waals surface area contributed by atoms with Crippen molar-refractivity contribution >= 4 is 29.6 Å². The van der Waals surface area contributed by atoms with Gasteiger partial charge in [-0.25, -0.2) is 14.9 Å². The fourth-order valence-electron chi connectivity index (χ4n) is 4.07. The van der Waals surface area contributed by atoms with Crippen LogP contribution in [0.4, 0.5) is 11.7 Å². The van der Waals surface area contributed by atoms with E-state index in [2.05, 4.69) is 21.3 Å². The van der Waals surface area contributed by atoms with Crippen LogP contribution in [0.15, 0.2) is 45.8 Å². The monoisotopic (exact) mass is 410 g/mol. The molecule has 10 nitrogen and oxygen atoms in total. The van der Waals surface area contributed by atoms with Gasteiger partial charge in [0.1, 0.15) is 6.34 Å². The number of fused-ring (bicyclic) bond motifs is 6. The Morgan fingerprint density at radius 3 is 3.00 bits per heavy atom. The zero-order valence-electron chi connectivity index (χ0n) is 15.1. The van der Waals surface area contributed by atoms with Crippen LogP contribution in [0, 0.1) is 11.5 Å². The van der Waals surface area contributed by atoms with Crippen LogP contribution in [-0.2, 0) is 4.74 Å². The Balaban J connectivity index is 1.42. The molecular formula is C18H15ClN8O2. The van der Waals surface area contributed by atoms with E-state index in [9.17, 15) is 5.26 Å². The lowest BCUT2D eigenvalue weighted by Crippen LogP contribution is -2.48. The van der Waals surface area contributed by atoms with E-state index < -0.39 is 5.62 Å². The lowest BCUT2D eigenvalue weighted by molar-refractivity contribution is 0.192. The summed E-state index contributed by atoms with van der Waals surface area (Å²) in [5.41, 5.74) is 1.21. The van der Waals surface area contributed by atoms with Crippen LogP contribution in [0.3, 0.4) is 0 Å². The van der Waals surface area contributed by atoms with Crippen molar-refractivity contribution in [3.05, 3.63) is 47.7 Å². The Labute approximate surface area is 170 Å². The first-order valence-corrected chi connectivity index (χ1v) is 9.65. The highest BCUT2D eigenvalue weighted by molar-refractivity contribution is 6.22. The molecule has 0 amide bonds. The van der Waals surface area contributed by atoms with Gasteiger partial charge < -0.3 is 9.26 Å². The van der Waals surface area contributed by atoms with Gasteiger partial charge in [-0.3, -0.25) is 4.90 Å². The van der Waals surface area contributed by atoms with Crippen LogP contribution in [-0.4, -0.2) is 45.2 Å².